The number of thiol groups is 1. The minimum Gasteiger partial charge on any atom is -0.488 e. The van der Waals surface area contributed by atoms with Gasteiger partial charge in [0.15, 0.2) is 0 Å². The second-order valence-electron chi connectivity index (χ2n) is 5.49. The molecule has 0 N–H and O–H groups in total. The lowest BCUT2D eigenvalue weighted by Crippen LogP contribution is -1.96. The Morgan fingerprint density at radius 2 is 1.39 bits per heavy atom. The normalized spacial score (nSPS) is 14.5. The zero-order valence-corrected chi connectivity index (χ0v) is 13.6. The lowest BCUT2D eigenvalue weighted by atomic mass is 10.1. The van der Waals surface area contributed by atoms with Crippen molar-refractivity contribution in [2.75, 3.05) is 0 Å². The van der Waals surface area contributed by atoms with Crippen LogP contribution in [0.2, 0.25) is 0 Å². The molecule has 0 bridgehead atoms. The first-order valence-electron chi connectivity index (χ1n) is 7.74. The first-order chi connectivity index (χ1) is 11.4. The van der Waals surface area contributed by atoms with Crippen molar-refractivity contribution in [1.82, 2.24) is 0 Å². The van der Waals surface area contributed by atoms with Crippen LogP contribution in [0.3, 0.4) is 0 Å². The smallest absolute Gasteiger partial charge is 0.127 e. The third kappa shape index (κ3) is 2.90. The molecule has 4 rings (SSSR count). The van der Waals surface area contributed by atoms with Gasteiger partial charge in [-0.3, -0.25) is 0 Å². The molecule has 1 nitrogen and oxygen atoms in total. The van der Waals surface area contributed by atoms with Crippen LogP contribution in [-0.2, 0) is 6.61 Å². The molecule has 0 saturated heterocycles. The van der Waals surface area contributed by atoms with Gasteiger partial charge in [-0.05, 0) is 33.9 Å². The Labute approximate surface area is 139 Å². The highest BCUT2D eigenvalue weighted by atomic mass is 32.2. The second-order valence-corrected chi connectivity index (χ2v) is 7.39. The third-order valence-electron chi connectivity index (χ3n) is 3.98. The Hall–Kier alpha value is -2.45. The highest BCUT2D eigenvalue weighted by Gasteiger charge is 2.11. The molecule has 0 amide bonds. The van der Waals surface area contributed by atoms with Gasteiger partial charge in [0.2, 0.25) is 0 Å². The van der Waals surface area contributed by atoms with Crippen LogP contribution in [0.25, 0.3) is 10.8 Å². The molecule has 0 spiro atoms. The number of fused-ring (bicyclic) bond motifs is 1. The van der Waals surface area contributed by atoms with E-state index in [4.69, 9.17) is 4.74 Å². The predicted molar refractivity (Wildman–Crippen MR) is 100 cm³/mol. The molecule has 1 heterocycles. The van der Waals surface area contributed by atoms with Gasteiger partial charge in [-0.2, -0.15) is 10.9 Å². The molecule has 23 heavy (non-hydrogen) atoms. The topological polar surface area (TPSA) is 9.23 Å². The zero-order chi connectivity index (χ0) is 15.5. The third-order valence-corrected chi connectivity index (χ3v) is 5.91. The molecule has 3 aromatic rings. The average Bonchev–Trinajstić information content (AvgIpc) is 3.15. The first-order valence-corrected chi connectivity index (χ1v) is 9.22. The van der Waals surface area contributed by atoms with Crippen molar-refractivity contribution in [1.29, 1.82) is 0 Å². The standard InChI is InChI=1S/C21H18OS/c1-2-8-17(9-3-1)16-22-20-12-13-21(23-14-6-7-15-23)19-11-5-4-10-18(19)20/h1-15,23H,16H2. The van der Waals surface area contributed by atoms with E-state index in [2.05, 4.69) is 71.5 Å². The van der Waals surface area contributed by atoms with Crippen LogP contribution < -0.4 is 4.74 Å². The van der Waals surface area contributed by atoms with Crippen molar-refractivity contribution in [2.24, 2.45) is 0 Å². The summed E-state index contributed by atoms with van der Waals surface area (Å²) in [5, 5.41) is 7.07. The van der Waals surface area contributed by atoms with E-state index in [-0.39, 0.29) is 10.9 Å². The predicted octanol–water partition coefficient (Wildman–Crippen LogP) is 5.82. The van der Waals surface area contributed by atoms with E-state index >= 15 is 0 Å². The van der Waals surface area contributed by atoms with E-state index in [1.165, 1.54) is 21.2 Å². The van der Waals surface area contributed by atoms with E-state index in [1.54, 1.807) is 0 Å². The lowest BCUT2D eigenvalue weighted by Gasteiger charge is -2.17. The summed E-state index contributed by atoms with van der Waals surface area (Å²) in [6.45, 7) is 0.596. The number of ether oxygens (including phenoxy) is 1. The molecule has 0 radical (unpaired) electrons. The molecule has 1 aliphatic heterocycles. The molecule has 0 unspecified atom stereocenters. The van der Waals surface area contributed by atoms with Crippen LogP contribution in [0.4, 0.5) is 0 Å². The summed E-state index contributed by atoms with van der Waals surface area (Å²) in [4.78, 5) is 1.40. The zero-order valence-electron chi connectivity index (χ0n) is 12.7. The van der Waals surface area contributed by atoms with E-state index in [1.807, 2.05) is 18.2 Å². The number of hydrogen-bond donors (Lipinski definition) is 1. The summed E-state index contributed by atoms with van der Waals surface area (Å²) < 4.78 is 6.09. The maximum Gasteiger partial charge on any atom is 0.127 e. The molecular weight excluding hydrogens is 300 g/mol. The Morgan fingerprint density at radius 1 is 0.696 bits per heavy atom. The summed E-state index contributed by atoms with van der Waals surface area (Å²) in [5.74, 6) is 0.954. The molecule has 1 aliphatic rings. The number of hydrogen-bond acceptors (Lipinski definition) is 1. The summed E-state index contributed by atoms with van der Waals surface area (Å²) in [6, 6.07) is 23.2. The van der Waals surface area contributed by atoms with Gasteiger partial charge in [-0.25, -0.2) is 0 Å². The molecule has 3 aromatic carbocycles. The van der Waals surface area contributed by atoms with Gasteiger partial charge in [-0.1, -0.05) is 66.7 Å². The van der Waals surface area contributed by atoms with E-state index in [0.29, 0.717) is 6.61 Å². The maximum absolute atomic E-state index is 6.09. The van der Waals surface area contributed by atoms with Crippen LogP contribution in [0.15, 0.2) is 94.6 Å². The molecule has 0 aromatic heterocycles. The fourth-order valence-corrected chi connectivity index (χ4v) is 4.55. The van der Waals surface area contributed by atoms with Crippen LogP contribution in [0, 0.1) is 0 Å². The van der Waals surface area contributed by atoms with Crippen molar-refractivity contribution >= 4 is 21.7 Å². The van der Waals surface area contributed by atoms with E-state index in [9.17, 15) is 0 Å². The van der Waals surface area contributed by atoms with Crippen LogP contribution in [0.1, 0.15) is 5.56 Å². The van der Waals surface area contributed by atoms with Crippen molar-refractivity contribution < 1.29 is 4.74 Å². The van der Waals surface area contributed by atoms with Crippen LogP contribution in [0.5, 0.6) is 5.75 Å². The fraction of sp³-hybridized carbons (Fsp3) is 0.0476. The number of allylic oxidation sites excluding steroid dienone is 2. The van der Waals surface area contributed by atoms with Gasteiger partial charge in [-0.15, -0.1) is 0 Å². The Morgan fingerprint density at radius 3 is 2.17 bits per heavy atom. The second kappa shape index (κ2) is 6.35. The molecule has 0 atom stereocenters. The van der Waals surface area contributed by atoms with Gasteiger partial charge in [0, 0.05) is 10.3 Å². The fourth-order valence-electron chi connectivity index (χ4n) is 2.84. The van der Waals surface area contributed by atoms with Gasteiger partial charge < -0.3 is 4.74 Å². The van der Waals surface area contributed by atoms with E-state index in [0.717, 1.165) is 5.75 Å². The van der Waals surface area contributed by atoms with Crippen LogP contribution in [-0.4, -0.2) is 0 Å². The molecule has 0 saturated carbocycles. The number of rotatable bonds is 4. The first kappa shape index (κ1) is 14.2. The summed E-state index contributed by atoms with van der Waals surface area (Å²) in [5.41, 5.74) is 1.19. The Balaban J connectivity index is 1.69. The minimum absolute atomic E-state index is 0.322. The van der Waals surface area contributed by atoms with Gasteiger partial charge in [0.05, 0.1) is 0 Å². The lowest BCUT2D eigenvalue weighted by molar-refractivity contribution is 0.310. The molecule has 0 aliphatic carbocycles. The highest BCUT2D eigenvalue weighted by molar-refractivity contribution is 8.22. The Kier molecular flexibility index (Phi) is 3.91. The molecule has 114 valence electrons. The van der Waals surface area contributed by atoms with Crippen LogP contribution >= 0.6 is 10.9 Å². The quantitative estimate of drug-likeness (QED) is 0.596. The highest BCUT2D eigenvalue weighted by Crippen LogP contribution is 2.46. The SMILES string of the molecule is C1=C[SH](c2ccc(OCc3ccccc3)c3ccccc23)C=C1. The van der Waals surface area contributed by atoms with Gasteiger partial charge in [0.25, 0.3) is 0 Å². The van der Waals surface area contributed by atoms with Gasteiger partial charge in [0.1, 0.15) is 12.4 Å². The minimum atomic E-state index is -0.322. The summed E-state index contributed by atoms with van der Waals surface area (Å²) >= 11 is 0. The monoisotopic (exact) mass is 318 g/mol. The summed E-state index contributed by atoms with van der Waals surface area (Å²) in [7, 11) is -0.322. The molecule has 2 heteroatoms. The average molecular weight is 318 g/mol. The maximum atomic E-state index is 6.09. The van der Waals surface area contributed by atoms with Crippen molar-refractivity contribution in [2.45, 2.75) is 11.5 Å². The molecule has 0 fully saturated rings. The Bertz CT molecular complexity index is 869. The van der Waals surface area contributed by atoms with Crippen molar-refractivity contribution in [3.63, 3.8) is 0 Å². The molecular formula is C21H18OS. The largest absolute Gasteiger partial charge is 0.488 e. The van der Waals surface area contributed by atoms with Gasteiger partial charge >= 0.3 is 0 Å². The summed E-state index contributed by atoms with van der Waals surface area (Å²) in [6.07, 6.45) is 4.28. The number of benzene rings is 3. The van der Waals surface area contributed by atoms with E-state index < -0.39 is 0 Å². The van der Waals surface area contributed by atoms with Crippen molar-refractivity contribution in [3.8, 4) is 5.75 Å². The van der Waals surface area contributed by atoms with Crippen molar-refractivity contribution in [3.05, 3.63) is 95.3 Å².